The summed E-state index contributed by atoms with van der Waals surface area (Å²) in [4.78, 5) is 34.0. The van der Waals surface area contributed by atoms with Crippen molar-refractivity contribution in [3.8, 4) is 0 Å². The lowest BCUT2D eigenvalue weighted by Crippen LogP contribution is -2.44. The quantitative estimate of drug-likeness (QED) is 0.377. The second-order valence-corrected chi connectivity index (χ2v) is 5.14. The van der Waals surface area contributed by atoms with Crippen molar-refractivity contribution < 1.29 is 24.4 Å². The number of benzene rings is 1. The van der Waals surface area contributed by atoms with Crippen molar-refractivity contribution in [3.63, 3.8) is 0 Å². The third-order valence-corrected chi connectivity index (χ3v) is 3.37. The van der Waals surface area contributed by atoms with E-state index in [9.17, 15) is 19.7 Å². The minimum atomic E-state index is -1.23. The molecule has 0 heterocycles. The maximum absolute atomic E-state index is 12.1. The number of nitro benzene ring substituents is 1. The van der Waals surface area contributed by atoms with Crippen molar-refractivity contribution in [2.45, 2.75) is 24.9 Å². The molecule has 0 aliphatic heterocycles. The lowest BCUT2D eigenvalue weighted by molar-refractivity contribution is -0.384. The molecular formula is C14H17N3O6. The fraction of sp³-hybridized carbons (Fsp3) is 0.429. The summed E-state index contributed by atoms with van der Waals surface area (Å²) in [5.74, 6) is -1.52. The Kier molecular flexibility index (Phi) is 5.12. The van der Waals surface area contributed by atoms with Crippen LogP contribution in [0, 0.1) is 10.1 Å². The molecule has 0 saturated heterocycles. The number of esters is 1. The minimum absolute atomic E-state index is 0.0143. The number of carbonyl (C=O) groups excluding carboxylic acids is 2. The molecule has 1 fully saturated rings. The molecule has 2 rings (SSSR count). The van der Waals surface area contributed by atoms with Crippen molar-refractivity contribution in [2.24, 2.45) is 0 Å². The zero-order chi connectivity index (χ0) is 17.0. The van der Waals surface area contributed by atoms with Gasteiger partial charge in [-0.05, 0) is 25.0 Å². The molecule has 9 nitrogen and oxygen atoms in total. The molecule has 1 amide bonds. The highest BCUT2D eigenvalue weighted by molar-refractivity contribution is 5.98. The third-order valence-electron chi connectivity index (χ3n) is 3.37. The number of methoxy groups -OCH3 is 1. The van der Waals surface area contributed by atoms with E-state index in [4.69, 9.17) is 5.11 Å². The summed E-state index contributed by atoms with van der Waals surface area (Å²) in [6.45, 7) is -0.637. The van der Waals surface area contributed by atoms with Gasteiger partial charge in [-0.25, -0.2) is 4.79 Å². The number of ether oxygens (including phenoxy) is 1. The van der Waals surface area contributed by atoms with Gasteiger partial charge in [0.25, 0.3) is 11.6 Å². The average Bonchev–Trinajstić information content (AvgIpc) is 3.35. The topological polar surface area (TPSA) is 131 Å². The molecule has 0 unspecified atom stereocenters. The molecule has 0 aromatic heterocycles. The van der Waals surface area contributed by atoms with Gasteiger partial charge in [0, 0.05) is 17.7 Å². The van der Waals surface area contributed by atoms with E-state index >= 15 is 0 Å². The first-order valence-electron chi connectivity index (χ1n) is 7.00. The van der Waals surface area contributed by atoms with E-state index in [1.807, 2.05) is 0 Å². The van der Waals surface area contributed by atoms with E-state index in [0.717, 1.165) is 26.0 Å². The number of carbonyl (C=O) groups is 2. The Bertz CT molecular complexity index is 629. The summed E-state index contributed by atoms with van der Waals surface area (Å²) in [5.41, 5.74) is 0.143. The number of hydrogen-bond acceptors (Lipinski definition) is 7. The van der Waals surface area contributed by atoms with Crippen molar-refractivity contribution in [3.05, 3.63) is 33.9 Å². The van der Waals surface area contributed by atoms with Gasteiger partial charge in [0.05, 0.1) is 18.6 Å². The SMILES string of the molecule is COC(=O)[C@@H](CO)NC(=O)c1ccc(NC2CC2)c([N+](=O)[O-])c1. The number of nitro groups is 1. The molecule has 3 N–H and O–H groups in total. The van der Waals surface area contributed by atoms with Crippen LogP contribution >= 0.6 is 0 Å². The van der Waals surface area contributed by atoms with Crippen LogP contribution in [0.2, 0.25) is 0 Å². The van der Waals surface area contributed by atoms with E-state index in [1.54, 1.807) is 0 Å². The standard InChI is InChI=1S/C14H17N3O6/c1-23-14(20)11(7-18)16-13(19)8-2-5-10(15-9-3-4-9)12(6-8)17(21)22/h2,5-6,9,11,15,18H,3-4,7H2,1H3,(H,16,19)/t11-/m1/s1. The van der Waals surface area contributed by atoms with E-state index < -0.39 is 29.4 Å². The van der Waals surface area contributed by atoms with Crippen LogP contribution in [-0.4, -0.2) is 47.7 Å². The molecule has 1 aromatic carbocycles. The van der Waals surface area contributed by atoms with E-state index in [-0.39, 0.29) is 17.3 Å². The van der Waals surface area contributed by atoms with Crippen molar-refractivity contribution in [2.75, 3.05) is 19.0 Å². The largest absolute Gasteiger partial charge is 0.467 e. The zero-order valence-corrected chi connectivity index (χ0v) is 12.4. The maximum atomic E-state index is 12.1. The van der Waals surface area contributed by atoms with Crippen LogP contribution in [0.3, 0.4) is 0 Å². The number of aliphatic hydroxyl groups excluding tert-OH is 1. The van der Waals surface area contributed by atoms with Gasteiger partial charge >= 0.3 is 5.97 Å². The van der Waals surface area contributed by atoms with Gasteiger partial charge < -0.3 is 20.5 Å². The van der Waals surface area contributed by atoms with Crippen LogP contribution in [-0.2, 0) is 9.53 Å². The third kappa shape index (κ3) is 4.16. The van der Waals surface area contributed by atoms with Crippen LogP contribution in [0.4, 0.5) is 11.4 Å². The molecule has 0 spiro atoms. The summed E-state index contributed by atoms with van der Waals surface area (Å²) in [6.07, 6.45) is 1.91. The van der Waals surface area contributed by atoms with Crippen molar-refractivity contribution >= 4 is 23.3 Å². The zero-order valence-electron chi connectivity index (χ0n) is 12.4. The highest BCUT2D eigenvalue weighted by Crippen LogP contribution is 2.31. The molecule has 1 aromatic rings. The van der Waals surface area contributed by atoms with E-state index in [1.165, 1.54) is 12.1 Å². The lowest BCUT2D eigenvalue weighted by Gasteiger charge is -2.14. The summed E-state index contributed by atoms with van der Waals surface area (Å²) in [5, 5.41) is 25.5. The van der Waals surface area contributed by atoms with Gasteiger partial charge in [0.1, 0.15) is 5.69 Å². The number of hydrogen-bond donors (Lipinski definition) is 3. The number of nitrogens with one attached hydrogen (secondary N) is 2. The molecule has 124 valence electrons. The van der Waals surface area contributed by atoms with E-state index in [0.29, 0.717) is 5.69 Å². The average molecular weight is 323 g/mol. The van der Waals surface area contributed by atoms with E-state index in [2.05, 4.69) is 15.4 Å². The molecule has 1 aliphatic carbocycles. The summed E-state index contributed by atoms with van der Waals surface area (Å²) >= 11 is 0. The number of anilines is 1. The first-order valence-corrected chi connectivity index (χ1v) is 7.00. The monoisotopic (exact) mass is 323 g/mol. The first kappa shape index (κ1) is 16.7. The Morgan fingerprint density at radius 1 is 1.48 bits per heavy atom. The molecule has 1 saturated carbocycles. The van der Waals surface area contributed by atoms with Crippen molar-refractivity contribution in [1.29, 1.82) is 0 Å². The molecule has 1 atom stereocenters. The van der Waals surface area contributed by atoms with Gasteiger partial charge in [-0.15, -0.1) is 0 Å². The number of aliphatic hydroxyl groups is 1. The van der Waals surface area contributed by atoms with Crippen LogP contribution < -0.4 is 10.6 Å². The Labute approximate surface area is 131 Å². The normalized spacial score (nSPS) is 14.7. The molecule has 23 heavy (non-hydrogen) atoms. The summed E-state index contributed by atoms with van der Waals surface area (Å²) in [6, 6.07) is 3.00. The minimum Gasteiger partial charge on any atom is -0.467 e. The predicted octanol–water partition coefficient (Wildman–Crippen LogP) is 0.433. The second-order valence-electron chi connectivity index (χ2n) is 5.14. The Morgan fingerprint density at radius 3 is 2.70 bits per heavy atom. The fourth-order valence-electron chi connectivity index (χ4n) is 1.96. The summed E-state index contributed by atoms with van der Waals surface area (Å²) in [7, 11) is 1.13. The van der Waals surface area contributed by atoms with Gasteiger partial charge in [-0.2, -0.15) is 0 Å². The van der Waals surface area contributed by atoms with Crippen LogP contribution in [0.25, 0.3) is 0 Å². The molecular weight excluding hydrogens is 306 g/mol. The molecule has 0 bridgehead atoms. The van der Waals surface area contributed by atoms with Crippen LogP contribution in [0.1, 0.15) is 23.2 Å². The fourth-order valence-corrected chi connectivity index (χ4v) is 1.96. The van der Waals surface area contributed by atoms with Gasteiger partial charge in [0.2, 0.25) is 0 Å². The highest BCUT2D eigenvalue weighted by atomic mass is 16.6. The summed E-state index contributed by atoms with van der Waals surface area (Å²) < 4.78 is 4.44. The Balaban J connectivity index is 2.18. The molecule has 0 radical (unpaired) electrons. The Hall–Kier alpha value is -2.68. The van der Waals surface area contributed by atoms with Gasteiger partial charge in [0.15, 0.2) is 6.04 Å². The van der Waals surface area contributed by atoms with Gasteiger partial charge in [-0.3, -0.25) is 14.9 Å². The van der Waals surface area contributed by atoms with Crippen molar-refractivity contribution in [1.82, 2.24) is 5.32 Å². The number of amides is 1. The van der Waals surface area contributed by atoms with Crippen LogP contribution in [0.15, 0.2) is 18.2 Å². The second kappa shape index (κ2) is 7.05. The first-order chi connectivity index (χ1) is 11.0. The molecule has 1 aliphatic rings. The number of nitrogens with zero attached hydrogens (tertiary/aromatic N) is 1. The maximum Gasteiger partial charge on any atom is 0.330 e. The molecule has 9 heteroatoms. The van der Waals surface area contributed by atoms with Crippen LogP contribution in [0.5, 0.6) is 0 Å². The lowest BCUT2D eigenvalue weighted by atomic mass is 10.1. The Morgan fingerprint density at radius 2 is 2.17 bits per heavy atom. The van der Waals surface area contributed by atoms with Gasteiger partial charge in [-0.1, -0.05) is 0 Å². The number of rotatable bonds is 7. The predicted molar refractivity (Wildman–Crippen MR) is 80.1 cm³/mol. The highest BCUT2D eigenvalue weighted by Gasteiger charge is 2.26. The smallest absolute Gasteiger partial charge is 0.330 e.